The maximum atomic E-state index is 13.2. The monoisotopic (exact) mass is 342 g/mol. The molecule has 0 radical (unpaired) electrons. The van der Waals surface area contributed by atoms with E-state index in [2.05, 4.69) is 4.98 Å². The minimum absolute atomic E-state index is 0.0254. The van der Waals surface area contributed by atoms with Gasteiger partial charge in [-0.05, 0) is 62.0 Å². The number of H-pyrrole nitrogens is 1. The van der Waals surface area contributed by atoms with Crippen LogP contribution in [0.2, 0.25) is 0 Å². The van der Waals surface area contributed by atoms with Gasteiger partial charge in [0.25, 0.3) is 5.56 Å². The molecule has 118 valence electrons. The molecule has 0 spiro atoms. The molecule has 3 aromatic rings. The van der Waals surface area contributed by atoms with E-state index in [4.69, 9.17) is 12.2 Å². The molecule has 0 fully saturated rings. The predicted molar refractivity (Wildman–Crippen MR) is 98.6 cm³/mol. The van der Waals surface area contributed by atoms with Gasteiger partial charge in [0.15, 0.2) is 4.77 Å². The molecule has 0 amide bonds. The highest BCUT2D eigenvalue weighted by Crippen LogP contribution is 2.33. The molecule has 3 nitrogen and oxygen atoms in total. The maximum Gasteiger partial charge on any atom is 0.267 e. The molecule has 0 saturated carbocycles. The summed E-state index contributed by atoms with van der Waals surface area (Å²) in [5.41, 5.74) is 3.20. The van der Waals surface area contributed by atoms with Gasteiger partial charge >= 0.3 is 0 Å². The second-order valence-electron chi connectivity index (χ2n) is 6.13. The lowest BCUT2D eigenvalue weighted by Crippen LogP contribution is -2.21. The number of nitrogens with one attached hydrogen (secondary N) is 1. The smallest absolute Gasteiger partial charge is 0.267 e. The first kappa shape index (κ1) is 14.8. The van der Waals surface area contributed by atoms with Gasteiger partial charge in [0.05, 0.1) is 11.1 Å². The summed E-state index contributed by atoms with van der Waals surface area (Å²) in [7, 11) is 0. The number of aromatic amines is 1. The largest absolute Gasteiger partial charge is 0.323 e. The zero-order valence-electron chi connectivity index (χ0n) is 13.0. The van der Waals surface area contributed by atoms with Crippen LogP contribution in [0.3, 0.4) is 0 Å². The van der Waals surface area contributed by atoms with E-state index < -0.39 is 0 Å². The normalized spacial score (nSPS) is 14.7. The van der Waals surface area contributed by atoms with Crippen LogP contribution >= 0.6 is 23.6 Å². The lowest BCUT2D eigenvalue weighted by atomic mass is 10.1. The van der Waals surface area contributed by atoms with E-state index in [0.717, 1.165) is 40.7 Å². The summed E-state index contributed by atoms with van der Waals surface area (Å²) < 4.78 is 2.14. The number of nitrogens with zero attached hydrogens (tertiary/aromatic N) is 1. The second-order valence-corrected chi connectivity index (χ2v) is 7.62. The number of benzene rings is 1. The fourth-order valence-electron chi connectivity index (χ4n) is 3.45. The average molecular weight is 342 g/mol. The Kier molecular flexibility index (Phi) is 3.70. The Hall–Kier alpha value is -1.72. The van der Waals surface area contributed by atoms with Crippen molar-refractivity contribution in [2.24, 2.45) is 0 Å². The number of thiophene rings is 1. The van der Waals surface area contributed by atoms with E-state index >= 15 is 0 Å². The molecule has 2 heterocycles. The molecule has 1 aliphatic carbocycles. The number of para-hydroxylation sites is 1. The van der Waals surface area contributed by atoms with Gasteiger partial charge in [-0.3, -0.25) is 9.36 Å². The number of aromatic nitrogens is 2. The van der Waals surface area contributed by atoms with Crippen LogP contribution in [0.4, 0.5) is 0 Å². The van der Waals surface area contributed by atoms with E-state index in [0.29, 0.717) is 4.77 Å². The van der Waals surface area contributed by atoms with Crippen molar-refractivity contribution in [1.29, 1.82) is 0 Å². The Morgan fingerprint density at radius 3 is 2.78 bits per heavy atom. The van der Waals surface area contributed by atoms with Gasteiger partial charge in [0.1, 0.15) is 4.83 Å². The van der Waals surface area contributed by atoms with Crippen LogP contribution in [0, 0.1) is 11.7 Å². The van der Waals surface area contributed by atoms with E-state index in [1.54, 1.807) is 15.9 Å². The highest BCUT2D eigenvalue weighted by atomic mass is 32.1. The Bertz CT molecular complexity index is 1010. The van der Waals surface area contributed by atoms with Gasteiger partial charge in [-0.1, -0.05) is 24.6 Å². The fourth-order valence-corrected chi connectivity index (χ4v) is 5.08. The summed E-state index contributed by atoms with van der Waals surface area (Å²) >= 11 is 7.20. The van der Waals surface area contributed by atoms with Gasteiger partial charge in [-0.2, -0.15) is 0 Å². The van der Waals surface area contributed by atoms with Crippen LogP contribution in [-0.4, -0.2) is 9.55 Å². The average Bonchev–Trinajstić information content (AvgIpc) is 2.71. The van der Waals surface area contributed by atoms with E-state index in [9.17, 15) is 4.79 Å². The van der Waals surface area contributed by atoms with Crippen molar-refractivity contribution in [3.63, 3.8) is 0 Å². The molecular weight excluding hydrogens is 324 g/mol. The Balaban J connectivity index is 2.08. The van der Waals surface area contributed by atoms with Crippen molar-refractivity contribution in [2.45, 2.75) is 39.0 Å². The van der Waals surface area contributed by atoms with Crippen LogP contribution in [0.15, 0.2) is 29.1 Å². The van der Waals surface area contributed by atoms with Crippen molar-refractivity contribution < 1.29 is 0 Å². The molecule has 0 unspecified atom stereocenters. The van der Waals surface area contributed by atoms with Crippen molar-refractivity contribution in [3.05, 3.63) is 55.4 Å². The highest BCUT2D eigenvalue weighted by molar-refractivity contribution is 7.71. The van der Waals surface area contributed by atoms with Gasteiger partial charge in [-0.15, -0.1) is 11.3 Å². The number of aryl methyl sites for hydroxylation is 3. The molecule has 1 aliphatic rings. The summed E-state index contributed by atoms with van der Waals surface area (Å²) in [6.45, 7) is 2.01. The third-order valence-corrected chi connectivity index (χ3v) is 6.11. The molecule has 4 rings (SSSR count). The standard InChI is InChI=1S/C18H18N2OS2/c1-11-7-5-6-9-13(11)20-17(21)15-12-8-3-2-4-10-14(12)23-16(15)19-18(20)22/h5-7,9H,2-4,8,10H2,1H3,(H,19,22). The molecule has 0 saturated heterocycles. The topological polar surface area (TPSA) is 37.8 Å². The summed E-state index contributed by atoms with van der Waals surface area (Å²) in [4.78, 5) is 18.8. The first-order chi connectivity index (χ1) is 11.2. The number of rotatable bonds is 1. The van der Waals surface area contributed by atoms with Crippen molar-refractivity contribution in [2.75, 3.05) is 0 Å². The van der Waals surface area contributed by atoms with E-state index in [1.165, 1.54) is 23.3 Å². The SMILES string of the molecule is Cc1ccccc1-n1c(=S)[nH]c2sc3c(c2c1=O)CCCCC3. The molecular formula is C18H18N2OS2. The lowest BCUT2D eigenvalue weighted by molar-refractivity contribution is 0.713. The molecule has 0 atom stereocenters. The zero-order valence-corrected chi connectivity index (χ0v) is 14.6. The van der Waals surface area contributed by atoms with Gasteiger partial charge in [0, 0.05) is 4.88 Å². The minimum Gasteiger partial charge on any atom is -0.323 e. The van der Waals surface area contributed by atoms with Crippen molar-refractivity contribution in [1.82, 2.24) is 9.55 Å². The van der Waals surface area contributed by atoms with Crippen LogP contribution in [0.5, 0.6) is 0 Å². The van der Waals surface area contributed by atoms with Crippen LogP contribution in [-0.2, 0) is 12.8 Å². The van der Waals surface area contributed by atoms with Crippen LogP contribution < -0.4 is 5.56 Å². The molecule has 2 aromatic heterocycles. The third kappa shape index (κ3) is 2.39. The van der Waals surface area contributed by atoms with Gasteiger partial charge < -0.3 is 4.98 Å². The lowest BCUT2D eigenvalue weighted by Gasteiger charge is -2.10. The Morgan fingerprint density at radius 2 is 1.96 bits per heavy atom. The molecule has 0 aliphatic heterocycles. The van der Waals surface area contributed by atoms with Gasteiger partial charge in [0.2, 0.25) is 0 Å². The molecule has 0 bridgehead atoms. The quantitative estimate of drug-likeness (QED) is 0.515. The molecule has 1 N–H and O–H groups in total. The minimum atomic E-state index is 0.0254. The van der Waals surface area contributed by atoms with Crippen LogP contribution in [0.1, 0.15) is 35.3 Å². The summed E-state index contributed by atoms with van der Waals surface area (Å²) in [5.74, 6) is 0. The fraction of sp³-hybridized carbons (Fsp3) is 0.333. The number of hydrogen-bond donors (Lipinski definition) is 1. The van der Waals surface area contributed by atoms with Crippen molar-refractivity contribution in [3.8, 4) is 5.69 Å². The first-order valence-electron chi connectivity index (χ1n) is 8.02. The Labute approximate surface area is 143 Å². The Morgan fingerprint density at radius 1 is 1.17 bits per heavy atom. The third-order valence-electron chi connectivity index (χ3n) is 4.62. The maximum absolute atomic E-state index is 13.2. The molecule has 23 heavy (non-hydrogen) atoms. The summed E-state index contributed by atoms with van der Waals surface area (Å²) in [6.07, 6.45) is 5.71. The van der Waals surface area contributed by atoms with Crippen molar-refractivity contribution >= 4 is 33.8 Å². The highest BCUT2D eigenvalue weighted by Gasteiger charge is 2.20. The summed E-state index contributed by atoms with van der Waals surface area (Å²) in [6, 6.07) is 7.89. The first-order valence-corrected chi connectivity index (χ1v) is 9.25. The summed E-state index contributed by atoms with van der Waals surface area (Å²) in [5, 5.41) is 0.851. The number of fused-ring (bicyclic) bond motifs is 3. The molecule has 1 aromatic carbocycles. The number of hydrogen-bond acceptors (Lipinski definition) is 3. The second kappa shape index (κ2) is 5.73. The van der Waals surface area contributed by atoms with Crippen LogP contribution in [0.25, 0.3) is 15.9 Å². The zero-order chi connectivity index (χ0) is 16.0. The van der Waals surface area contributed by atoms with E-state index in [-0.39, 0.29) is 5.56 Å². The van der Waals surface area contributed by atoms with E-state index in [1.807, 2.05) is 31.2 Å². The predicted octanol–water partition coefficient (Wildman–Crippen LogP) is 4.69. The molecule has 5 heteroatoms. The van der Waals surface area contributed by atoms with Gasteiger partial charge in [-0.25, -0.2) is 0 Å².